The quantitative estimate of drug-likeness (QED) is 0.597. The lowest BCUT2D eigenvalue weighted by atomic mass is 10.1. The summed E-state index contributed by atoms with van der Waals surface area (Å²) in [7, 11) is 0. The lowest BCUT2D eigenvalue weighted by Crippen LogP contribution is -2.14. The molecule has 0 saturated heterocycles. The molecule has 0 atom stereocenters. The molecule has 3 aromatic carbocycles. The van der Waals surface area contributed by atoms with Crippen LogP contribution in [0, 0.1) is 6.92 Å². The van der Waals surface area contributed by atoms with Gasteiger partial charge >= 0.3 is 0 Å². The molecule has 0 spiro atoms. The molecule has 0 aliphatic heterocycles. The largest absolute Gasteiger partial charge is 0.325 e. The molecule has 136 valence electrons. The van der Waals surface area contributed by atoms with Crippen LogP contribution in [0.3, 0.4) is 0 Å². The summed E-state index contributed by atoms with van der Waals surface area (Å²) in [4.78, 5) is 25.4. The standard InChI is InChI=1S/C22H20N2O2S/c1-16-8-5-6-13-20(16)22(26)24-18-11-7-12-19(14-18)27-15-21(25)23-17-9-3-2-4-10-17/h2-14H,15H2,1H3,(H,23,25)(H,24,26). The Morgan fingerprint density at radius 3 is 2.30 bits per heavy atom. The van der Waals surface area contributed by atoms with Gasteiger partial charge in [0.2, 0.25) is 5.91 Å². The molecule has 0 fully saturated rings. The lowest BCUT2D eigenvalue weighted by molar-refractivity contribution is -0.113. The highest BCUT2D eigenvalue weighted by Crippen LogP contribution is 2.22. The summed E-state index contributed by atoms with van der Waals surface area (Å²) in [5.74, 6) is 0.0852. The zero-order valence-corrected chi connectivity index (χ0v) is 15.8. The zero-order chi connectivity index (χ0) is 19.1. The van der Waals surface area contributed by atoms with Crippen molar-refractivity contribution in [3.63, 3.8) is 0 Å². The number of para-hydroxylation sites is 1. The van der Waals surface area contributed by atoms with Crippen molar-refractivity contribution in [3.05, 3.63) is 90.0 Å². The first-order valence-corrected chi connectivity index (χ1v) is 9.55. The Balaban J connectivity index is 1.58. The number of anilines is 2. The van der Waals surface area contributed by atoms with Gasteiger partial charge in [-0.3, -0.25) is 9.59 Å². The predicted molar refractivity (Wildman–Crippen MR) is 111 cm³/mol. The Kier molecular flexibility index (Phi) is 6.28. The molecule has 0 aromatic heterocycles. The summed E-state index contributed by atoms with van der Waals surface area (Å²) in [6.45, 7) is 1.91. The van der Waals surface area contributed by atoms with E-state index in [1.54, 1.807) is 6.07 Å². The Morgan fingerprint density at radius 2 is 1.52 bits per heavy atom. The topological polar surface area (TPSA) is 58.2 Å². The molecule has 0 saturated carbocycles. The number of carbonyl (C=O) groups is 2. The molecule has 0 aliphatic rings. The number of hydrogen-bond donors (Lipinski definition) is 2. The highest BCUT2D eigenvalue weighted by Gasteiger charge is 2.09. The fourth-order valence-electron chi connectivity index (χ4n) is 2.56. The van der Waals surface area contributed by atoms with Crippen LogP contribution < -0.4 is 10.6 Å². The molecule has 3 aromatic rings. The van der Waals surface area contributed by atoms with Crippen LogP contribution in [-0.4, -0.2) is 17.6 Å². The number of hydrogen-bond acceptors (Lipinski definition) is 3. The molecular formula is C22H20N2O2S. The van der Waals surface area contributed by atoms with Crippen molar-refractivity contribution in [1.29, 1.82) is 0 Å². The van der Waals surface area contributed by atoms with E-state index in [-0.39, 0.29) is 11.8 Å². The summed E-state index contributed by atoms with van der Waals surface area (Å²) >= 11 is 1.42. The van der Waals surface area contributed by atoms with E-state index in [2.05, 4.69) is 10.6 Å². The predicted octanol–water partition coefficient (Wildman–Crippen LogP) is 4.98. The number of carbonyl (C=O) groups excluding carboxylic acids is 2. The fourth-order valence-corrected chi connectivity index (χ4v) is 3.31. The summed E-state index contributed by atoms with van der Waals surface area (Å²) in [5.41, 5.74) is 3.06. The van der Waals surface area contributed by atoms with Gasteiger partial charge in [-0.2, -0.15) is 0 Å². The van der Waals surface area contributed by atoms with Gasteiger partial charge in [0.15, 0.2) is 0 Å². The van der Waals surface area contributed by atoms with E-state index in [9.17, 15) is 9.59 Å². The minimum Gasteiger partial charge on any atom is -0.325 e. The molecule has 0 bridgehead atoms. The second kappa shape index (κ2) is 9.05. The van der Waals surface area contributed by atoms with Crippen molar-refractivity contribution in [2.75, 3.05) is 16.4 Å². The number of amides is 2. The first kappa shape index (κ1) is 18.7. The third kappa shape index (κ3) is 5.46. The summed E-state index contributed by atoms with van der Waals surface area (Å²) < 4.78 is 0. The maximum Gasteiger partial charge on any atom is 0.255 e. The molecule has 0 heterocycles. The van der Waals surface area contributed by atoms with Crippen LogP contribution in [0.5, 0.6) is 0 Å². The average molecular weight is 376 g/mol. The second-order valence-electron chi connectivity index (χ2n) is 6.00. The second-order valence-corrected chi connectivity index (χ2v) is 7.05. The molecular weight excluding hydrogens is 356 g/mol. The van der Waals surface area contributed by atoms with Gasteiger partial charge in [-0.25, -0.2) is 0 Å². The maximum absolute atomic E-state index is 12.4. The SMILES string of the molecule is Cc1ccccc1C(=O)Nc1cccc(SCC(=O)Nc2ccccc2)c1. The van der Waals surface area contributed by atoms with Crippen molar-refractivity contribution in [1.82, 2.24) is 0 Å². The van der Waals surface area contributed by atoms with Crippen molar-refractivity contribution in [2.24, 2.45) is 0 Å². The molecule has 0 aliphatic carbocycles. The Morgan fingerprint density at radius 1 is 0.815 bits per heavy atom. The number of benzene rings is 3. The molecule has 0 radical (unpaired) electrons. The highest BCUT2D eigenvalue weighted by atomic mass is 32.2. The van der Waals surface area contributed by atoms with Gasteiger partial charge in [0, 0.05) is 21.8 Å². The Bertz CT molecular complexity index is 942. The van der Waals surface area contributed by atoms with Crippen LogP contribution in [0.2, 0.25) is 0 Å². The van der Waals surface area contributed by atoms with Crippen molar-refractivity contribution < 1.29 is 9.59 Å². The van der Waals surface area contributed by atoms with Crippen LogP contribution in [-0.2, 0) is 4.79 Å². The monoisotopic (exact) mass is 376 g/mol. The molecule has 0 unspecified atom stereocenters. The zero-order valence-electron chi connectivity index (χ0n) is 14.9. The lowest BCUT2D eigenvalue weighted by Gasteiger charge is -2.09. The summed E-state index contributed by atoms with van der Waals surface area (Å²) in [6, 6.07) is 24.3. The first-order valence-electron chi connectivity index (χ1n) is 8.56. The van der Waals surface area contributed by atoms with E-state index < -0.39 is 0 Å². The summed E-state index contributed by atoms with van der Waals surface area (Å²) in [5, 5.41) is 5.77. The van der Waals surface area contributed by atoms with Crippen molar-refractivity contribution >= 4 is 35.0 Å². The van der Waals surface area contributed by atoms with Crippen molar-refractivity contribution in [2.45, 2.75) is 11.8 Å². The van der Waals surface area contributed by atoms with Crippen LogP contribution in [0.4, 0.5) is 11.4 Å². The van der Waals surface area contributed by atoms with E-state index in [0.29, 0.717) is 17.0 Å². The van der Waals surface area contributed by atoms with E-state index in [1.165, 1.54) is 11.8 Å². The van der Waals surface area contributed by atoms with Gasteiger partial charge in [-0.15, -0.1) is 11.8 Å². The van der Waals surface area contributed by atoms with Gasteiger partial charge in [0.05, 0.1) is 5.75 Å². The van der Waals surface area contributed by atoms with Crippen LogP contribution in [0.15, 0.2) is 83.8 Å². The Labute approximate surface area is 163 Å². The summed E-state index contributed by atoms with van der Waals surface area (Å²) in [6.07, 6.45) is 0. The van der Waals surface area contributed by atoms with Gasteiger partial charge < -0.3 is 10.6 Å². The van der Waals surface area contributed by atoms with Crippen LogP contribution >= 0.6 is 11.8 Å². The highest BCUT2D eigenvalue weighted by molar-refractivity contribution is 8.00. The third-order valence-corrected chi connectivity index (χ3v) is 4.90. The first-order chi connectivity index (χ1) is 13.1. The molecule has 3 rings (SSSR count). The van der Waals surface area contributed by atoms with Crippen molar-refractivity contribution in [3.8, 4) is 0 Å². The van der Waals surface area contributed by atoms with Gasteiger partial charge in [0.25, 0.3) is 5.91 Å². The molecule has 5 heteroatoms. The van der Waals surface area contributed by atoms with E-state index >= 15 is 0 Å². The molecule has 27 heavy (non-hydrogen) atoms. The van der Waals surface area contributed by atoms with Crippen LogP contribution in [0.25, 0.3) is 0 Å². The Hall–Kier alpha value is -3.05. The number of rotatable bonds is 6. The average Bonchev–Trinajstić information content (AvgIpc) is 2.68. The van der Waals surface area contributed by atoms with E-state index in [0.717, 1.165) is 16.1 Å². The normalized spacial score (nSPS) is 10.3. The van der Waals surface area contributed by atoms with E-state index in [4.69, 9.17) is 0 Å². The van der Waals surface area contributed by atoms with E-state index in [1.807, 2.05) is 79.7 Å². The smallest absolute Gasteiger partial charge is 0.255 e. The third-order valence-electron chi connectivity index (χ3n) is 3.91. The van der Waals surface area contributed by atoms with Gasteiger partial charge in [-0.1, -0.05) is 42.5 Å². The number of aryl methyl sites for hydroxylation is 1. The number of thioether (sulfide) groups is 1. The minimum atomic E-state index is -0.142. The maximum atomic E-state index is 12.4. The molecule has 4 nitrogen and oxygen atoms in total. The van der Waals surface area contributed by atoms with Gasteiger partial charge in [0.1, 0.15) is 0 Å². The van der Waals surface area contributed by atoms with Gasteiger partial charge in [-0.05, 0) is 48.9 Å². The molecule has 2 amide bonds. The minimum absolute atomic E-state index is 0.0689. The fraction of sp³-hybridized carbons (Fsp3) is 0.0909. The number of nitrogens with one attached hydrogen (secondary N) is 2. The molecule has 2 N–H and O–H groups in total. The van der Waals surface area contributed by atoms with Crippen LogP contribution in [0.1, 0.15) is 15.9 Å².